The van der Waals surface area contributed by atoms with Crippen LogP contribution < -0.4 is 9.47 Å². The Bertz CT molecular complexity index is 413. The molecule has 17 heavy (non-hydrogen) atoms. The fourth-order valence-corrected chi connectivity index (χ4v) is 1.79. The highest BCUT2D eigenvalue weighted by Crippen LogP contribution is 2.30. The van der Waals surface area contributed by atoms with Crippen LogP contribution in [0.3, 0.4) is 0 Å². The van der Waals surface area contributed by atoms with Gasteiger partial charge in [0.1, 0.15) is 6.10 Å². The van der Waals surface area contributed by atoms with Crippen LogP contribution >= 0.6 is 11.6 Å². The third-order valence-electron chi connectivity index (χ3n) is 2.57. The highest BCUT2D eigenvalue weighted by atomic mass is 35.5. The Morgan fingerprint density at radius 3 is 2.88 bits per heavy atom. The number of carbonyl (C=O) groups is 1. The van der Waals surface area contributed by atoms with Crippen molar-refractivity contribution in [1.29, 1.82) is 0 Å². The zero-order valence-corrected chi connectivity index (χ0v) is 10.2. The Morgan fingerprint density at radius 2 is 2.29 bits per heavy atom. The maximum absolute atomic E-state index is 11.1. The molecule has 1 atom stereocenters. The highest BCUT2D eigenvalue weighted by Gasteiger charge is 2.19. The van der Waals surface area contributed by atoms with Gasteiger partial charge in [0, 0.05) is 12.0 Å². The van der Waals surface area contributed by atoms with Crippen LogP contribution in [0, 0.1) is 0 Å². The standard InChI is InChI=1S/C12H13ClO4/c1-15-10-3-2-8(12(13)14)6-11(10)17-9-4-5-16-7-9/h2-3,6,9H,4-5,7H2,1H3/t9-/m1/s1. The molecule has 1 aliphatic rings. The molecular weight excluding hydrogens is 244 g/mol. The van der Waals surface area contributed by atoms with Crippen molar-refractivity contribution in [2.75, 3.05) is 20.3 Å². The number of methoxy groups -OCH3 is 1. The summed E-state index contributed by atoms with van der Waals surface area (Å²) in [4.78, 5) is 11.1. The van der Waals surface area contributed by atoms with Crippen molar-refractivity contribution >= 4 is 16.8 Å². The van der Waals surface area contributed by atoms with Crippen LogP contribution in [0.4, 0.5) is 0 Å². The Hall–Kier alpha value is -1.26. The van der Waals surface area contributed by atoms with Gasteiger partial charge in [-0.15, -0.1) is 0 Å². The molecule has 1 aromatic carbocycles. The molecule has 1 aliphatic heterocycles. The average molecular weight is 257 g/mol. The third-order valence-corrected chi connectivity index (χ3v) is 2.79. The van der Waals surface area contributed by atoms with Crippen LogP contribution in [-0.2, 0) is 4.74 Å². The van der Waals surface area contributed by atoms with Crippen molar-refractivity contribution in [3.05, 3.63) is 23.8 Å². The SMILES string of the molecule is COc1ccc(C(=O)Cl)cc1O[C@@H]1CCOC1. The Labute approximate surface area is 104 Å². The van der Waals surface area contributed by atoms with Crippen molar-refractivity contribution in [2.45, 2.75) is 12.5 Å². The van der Waals surface area contributed by atoms with Crippen molar-refractivity contribution < 1.29 is 19.0 Å². The van der Waals surface area contributed by atoms with Crippen molar-refractivity contribution in [3.63, 3.8) is 0 Å². The predicted molar refractivity (Wildman–Crippen MR) is 63.0 cm³/mol. The van der Waals surface area contributed by atoms with Crippen LogP contribution in [0.15, 0.2) is 18.2 Å². The highest BCUT2D eigenvalue weighted by molar-refractivity contribution is 6.67. The minimum Gasteiger partial charge on any atom is -0.493 e. The summed E-state index contributed by atoms with van der Waals surface area (Å²) in [7, 11) is 1.55. The lowest BCUT2D eigenvalue weighted by Crippen LogP contribution is -2.16. The molecule has 0 aliphatic carbocycles. The number of carbonyl (C=O) groups excluding carboxylic acids is 1. The van der Waals surface area contributed by atoms with E-state index in [0.717, 1.165) is 6.42 Å². The molecule has 0 spiro atoms. The molecule has 0 amide bonds. The van der Waals surface area contributed by atoms with E-state index in [-0.39, 0.29) is 6.10 Å². The first-order valence-electron chi connectivity index (χ1n) is 5.33. The van der Waals surface area contributed by atoms with E-state index in [0.29, 0.717) is 30.3 Å². The topological polar surface area (TPSA) is 44.8 Å². The molecule has 2 rings (SSSR count). The van der Waals surface area contributed by atoms with Gasteiger partial charge in [0.25, 0.3) is 5.24 Å². The summed E-state index contributed by atoms with van der Waals surface area (Å²) < 4.78 is 16.1. The first kappa shape index (κ1) is 12.2. The van der Waals surface area contributed by atoms with Crippen LogP contribution in [0.25, 0.3) is 0 Å². The minimum atomic E-state index is -0.514. The first-order valence-corrected chi connectivity index (χ1v) is 5.71. The molecule has 5 heteroatoms. The number of benzene rings is 1. The maximum atomic E-state index is 11.1. The number of rotatable bonds is 4. The average Bonchev–Trinajstić information content (AvgIpc) is 2.81. The van der Waals surface area contributed by atoms with E-state index in [1.807, 2.05) is 0 Å². The fraction of sp³-hybridized carbons (Fsp3) is 0.417. The van der Waals surface area contributed by atoms with E-state index in [1.54, 1.807) is 25.3 Å². The second kappa shape index (κ2) is 5.38. The van der Waals surface area contributed by atoms with E-state index >= 15 is 0 Å². The van der Waals surface area contributed by atoms with E-state index in [1.165, 1.54) is 0 Å². The van der Waals surface area contributed by atoms with E-state index < -0.39 is 5.24 Å². The zero-order valence-electron chi connectivity index (χ0n) is 9.44. The number of halogens is 1. The van der Waals surface area contributed by atoms with Crippen LogP contribution in [-0.4, -0.2) is 31.7 Å². The van der Waals surface area contributed by atoms with Gasteiger partial charge in [0.05, 0.1) is 20.3 Å². The molecule has 92 valence electrons. The Balaban J connectivity index is 2.21. The van der Waals surface area contributed by atoms with Gasteiger partial charge >= 0.3 is 0 Å². The molecule has 1 fully saturated rings. The zero-order chi connectivity index (χ0) is 12.3. The van der Waals surface area contributed by atoms with Gasteiger partial charge in [-0.25, -0.2) is 0 Å². The lowest BCUT2D eigenvalue weighted by atomic mass is 10.2. The van der Waals surface area contributed by atoms with Gasteiger partial charge in [-0.1, -0.05) is 0 Å². The summed E-state index contributed by atoms with van der Waals surface area (Å²) in [6, 6.07) is 4.86. The van der Waals surface area contributed by atoms with E-state index in [9.17, 15) is 4.79 Å². The fourth-order valence-electron chi connectivity index (χ4n) is 1.68. The molecule has 0 aromatic heterocycles. The molecule has 0 bridgehead atoms. The second-order valence-corrected chi connectivity index (χ2v) is 4.09. The summed E-state index contributed by atoms with van der Waals surface area (Å²) in [5.74, 6) is 1.10. The Kier molecular flexibility index (Phi) is 3.86. The lowest BCUT2D eigenvalue weighted by molar-refractivity contribution is 0.108. The lowest BCUT2D eigenvalue weighted by Gasteiger charge is -2.15. The summed E-state index contributed by atoms with van der Waals surface area (Å²) in [5.41, 5.74) is 0.390. The molecule has 0 unspecified atom stereocenters. The number of ether oxygens (including phenoxy) is 3. The van der Waals surface area contributed by atoms with Crippen LogP contribution in [0.1, 0.15) is 16.8 Å². The first-order chi connectivity index (χ1) is 8.20. The monoisotopic (exact) mass is 256 g/mol. The molecule has 1 aromatic rings. The summed E-state index contributed by atoms with van der Waals surface area (Å²) in [6.07, 6.45) is 0.840. The molecule has 1 saturated heterocycles. The second-order valence-electron chi connectivity index (χ2n) is 3.74. The van der Waals surface area contributed by atoms with Gasteiger partial charge in [-0.05, 0) is 29.8 Å². The van der Waals surface area contributed by atoms with Gasteiger partial charge < -0.3 is 14.2 Å². The van der Waals surface area contributed by atoms with Gasteiger partial charge in [0.2, 0.25) is 0 Å². The van der Waals surface area contributed by atoms with E-state index in [4.69, 9.17) is 25.8 Å². The molecular formula is C12H13ClO4. The normalized spacial score (nSPS) is 19.1. The maximum Gasteiger partial charge on any atom is 0.252 e. The van der Waals surface area contributed by atoms with Crippen molar-refractivity contribution in [1.82, 2.24) is 0 Å². The van der Waals surface area contributed by atoms with Gasteiger partial charge in [-0.2, -0.15) is 0 Å². The largest absolute Gasteiger partial charge is 0.493 e. The van der Waals surface area contributed by atoms with Crippen LogP contribution in [0.2, 0.25) is 0 Å². The number of hydrogen-bond donors (Lipinski definition) is 0. The summed E-state index contributed by atoms with van der Waals surface area (Å²) >= 11 is 5.43. The minimum absolute atomic E-state index is 0.00424. The summed E-state index contributed by atoms with van der Waals surface area (Å²) in [6.45, 7) is 1.25. The molecule has 0 radical (unpaired) electrons. The predicted octanol–water partition coefficient (Wildman–Crippen LogP) is 2.24. The van der Waals surface area contributed by atoms with E-state index in [2.05, 4.69) is 0 Å². The van der Waals surface area contributed by atoms with Crippen LogP contribution in [0.5, 0.6) is 11.5 Å². The van der Waals surface area contributed by atoms with Gasteiger partial charge in [0.15, 0.2) is 11.5 Å². The molecule has 0 N–H and O–H groups in total. The molecule has 0 saturated carbocycles. The van der Waals surface area contributed by atoms with Crippen molar-refractivity contribution in [2.24, 2.45) is 0 Å². The van der Waals surface area contributed by atoms with Crippen molar-refractivity contribution in [3.8, 4) is 11.5 Å². The van der Waals surface area contributed by atoms with Gasteiger partial charge in [-0.3, -0.25) is 4.79 Å². The summed E-state index contributed by atoms with van der Waals surface area (Å²) in [5, 5.41) is -0.514. The molecule has 4 nitrogen and oxygen atoms in total. The smallest absolute Gasteiger partial charge is 0.252 e. The number of hydrogen-bond acceptors (Lipinski definition) is 4. The Morgan fingerprint density at radius 1 is 1.47 bits per heavy atom. The third kappa shape index (κ3) is 2.90. The molecule has 1 heterocycles. The quantitative estimate of drug-likeness (QED) is 0.775.